The normalized spacial score (nSPS) is 32.8. The Labute approximate surface area is 108 Å². The Kier molecular flexibility index (Phi) is 3.40. The van der Waals surface area contributed by atoms with E-state index in [4.69, 9.17) is 11.6 Å². The number of hydrogen-bond acceptors (Lipinski definition) is 1. The molecule has 4 heteroatoms. The molecular formula is C12H18ClNOSe. The SMILES string of the molecule is CC1=C(CCCl)C2NC(=O)[C@]2(CC(C)C)[Se]1. The van der Waals surface area contributed by atoms with Crippen molar-refractivity contribution in [2.75, 3.05) is 5.88 Å². The predicted octanol–water partition coefficient (Wildman–Crippen LogP) is 2.31. The summed E-state index contributed by atoms with van der Waals surface area (Å²) in [6, 6.07) is 0.307. The maximum absolute atomic E-state index is 11.9. The average Bonchev–Trinajstić information content (AvgIpc) is 2.39. The molecule has 0 spiro atoms. The number of halogens is 1. The summed E-state index contributed by atoms with van der Waals surface area (Å²) in [5.41, 5.74) is 1.41. The standard InChI is InChI=1S/C12H18ClNOSe/c1-7(2)6-12-10(14-11(12)15)9(4-5-13)8(3)16-12/h7,10H,4-6H2,1-3H3,(H,14,15)/t10?,12-/m1/s1. The number of fused-ring (bicyclic) bond motifs is 1. The fourth-order valence-corrected chi connectivity index (χ4v) is 6.67. The van der Waals surface area contributed by atoms with Crippen LogP contribution >= 0.6 is 11.6 Å². The van der Waals surface area contributed by atoms with Crippen LogP contribution in [0.3, 0.4) is 0 Å². The molecule has 2 atom stereocenters. The molecule has 2 heterocycles. The third-order valence-corrected chi connectivity index (χ3v) is 6.72. The van der Waals surface area contributed by atoms with Crippen LogP contribution in [-0.4, -0.2) is 32.8 Å². The Morgan fingerprint density at radius 1 is 1.56 bits per heavy atom. The van der Waals surface area contributed by atoms with E-state index in [1.165, 1.54) is 10.0 Å². The summed E-state index contributed by atoms with van der Waals surface area (Å²) in [6.07, 6.45) is 1.95. The predicted molar refractivity (Wildman–Crippen MR) is 67.9 cm³/mol. The van der Waals surface area contributed by atoms with E-state index in [-0.39, 0.29) is 10.2 Å². The maximum atomic E-state index is 11.9. The summed E-state index contributed by atoms with van der Waals surface area (Å²) in [5.74, 6) is 1.51. The molecule has 1 unspecified atom stereocenters. The number of hydrogen-bond donors (Lipinski definition) is 1. The fourth-order valence-electron chi connectivity index (χ4n) is 2.72. The van der Waals surface area contributed by atoms with Gasteiger partial charge in [0, 0.05) is 0 Å². The van der Waals surface area contributed by atoms with Crippen molar-refractivity contribution in [3.05, 3.63) is 10.0 Å². The van der Waals surface area contributed by atoms with Crippen LogP contribution in [0.4, 0.5) is 0 Å². The van der Waals surface area contributed by atoms with Crippen LogP contribution < -0.4 is 5.32 Å². The summed E-state index contributed by atoms with van der Waals surface area (Å²) >= 11 is 6.16. The van der Waals surface area contributed by atoms with Crippen molar-refractivity contribution in [1.82, 2.24) is 5.32 Å². The monoisotopic (exact) mass is 307 g/mol. The number of β-lactam (4-membered cyclic amide) rings is 1. The zero-order valence-electron chi connectivity index (χ0n) is 9.97. The zero-order chi connectivity index (χ0) is 11.9. The second-order valence-electron chi connectivity index (χ2n) is 5.02. The van der Waals surface area contributed by atoms with Gasteiger partial charge >= 0.3 is 108 Å². The van der Waals surface area contributed by atoms with Crippen molar-refractivity contribution < 1.29 is 4.79 Å². The van der Waals surface area contributed by atoms with Crippen LogP contribution in [-0.2, 0) is 4.79 Å². The van der Waals surface area contributed by atoms with Crippen molar-refractivity contribution in [3.63, 3.8) is 0 Å². The molecule has 2 nitrogen and oxygen atoms in total. The van der Waals surface area contributed by atoms with Crippen molar-refractivity contribution in [1.29, 1.82) is 0 Å². The van der Waals surface area contributed by atoms with Crippen LogP contribution in [0.15, 0.2) is 10.0 Å². The summed E-state index contributed by atoms with van der Waals surface area (Å²) in [4.78, 5) is 11.9. The molecule has 2 rings (SSSR count). The number of amides is 1. The number of carbonyl (C=O) groups excluding carboxylic acids is 1. The quantitative estimate of drug-likeness (QED) is 0.482. The molecule has 1 amide bonds. The van der Waals surface area contributed by atoms with Crippen LogP contribution in [0.2, 0.25) is 4.31 Å². The van der Waals surface area contributed by atoms with Crippen molar-refractivity contribution in [2.45, 2.75) is 44.0 Å². The number of alkyl halides is 1. The third kappa shape index (κ3) is 1.73. The molecular weight excluding hydrogens is 289 g/mol. The van der Waals surface area contributed by atoms with Gasteiger partial charge in [-0.2, -0.15) is 0 Å². The number of allylic oxidation sites excluding steroid dienone is 1. The summed E-state index contributed by atoms with van der Waals surface area (Å²) in [7, 11) is 0. The minimum atomic E-state index is -0.0629. The Morgan fingerprint density at radius 2 is 2.25 bits per heavy atom. The van der Waals surface area contributed by atoms with Crippen molar-refractivity contribution in [3.8, 4) is 0 Å². The van der Waals surface area contributed by atoms with Crippen LogP contribution in [0.25, 0.3) is 0 Å². The van der Waals surface area contributed by atoms with E-state index in [1.54, 1.807) is 0 Å². The topological polar surface area (TPSA) is 29.1 Å². The number of nitrogens with one attached hydrogen (secondary N) is 1. The Hall–Kier alpha value is 0.0195. The molecule has 0 radical (unpaired) electrons. The van der Waals surface area contributed by atoms with E-state index < -0.39 is 0 Å². The first kappa shape index (κ1) is 12.5. The van der Waals surface area contributed by atoms with Gasteiger partial charge < -0.3 is 0 Å². The Balaban J connectivity index is 2.20. The van der Waals surface area contributed by atoms with E-state index >= 15 is 0 Å². The summed E-state index contributed by atoms with van der Waals surface area (Å²) in [5, 5.41) is 3.08. The molecule has 2 aliphatic heterocycles. The molecule has 0 aromatic carbocycles. The first-order chi connectivity index (χ1) is 7.51. The van der Waals surface area contributed by atoms with Gasteiger partial charge in [0.25, 0.3) is 0 Å². The number of carbonyl (C=O) groups is 1. The molecule has 0 aliphatic carbocycles. The van der Waals surface area contributed by atoms with E-state index in [1.807, 2.05) is 0 Å². The van der Waals surface area contributed by atoms with Gasteiger partial charge in [0.2, 0.25) is 0 Å². The van der Waals surface area contributed by atoms with Crippen LogP contribution in [0.5, 0.6) is 0 Å². The molecule has 90 valence electrons. The second-order valence-corrected chi connectivity index (χ2v) is 8.64. The van der Waals surface area contributed by atoms with Gasteiger partial charge in [0.15, 0.2) is 0 Å². The average molecular weight is 307 g/mol. The van der Waals surface area contributed by atoms with Gasteiger partial charge in [-0.15, -0.1) is 0 Å². The van der Waals surface area contributed by atoms with E-state index in [0.717, 1.165) is 12.8 Å². The van der Waals surface area contributed by atoms with Gasteiger partial charge in [0.05, 0.1) is 0 Å². The minimum absolute atomic E-state index is 0.0629. The Bertz CT molecular complexity index is 353. The molecule has 1 fully saturated rings. The summed E-state index contributed by atoms with van der Waals surface area (Å²) < 4.78 is 1.38. The first-order valence-corrected chi connectivity index (χ1v) is 8.01. The van der Waals surface area contributed by atoms with Gasteiger partial charge in [0.1, 0.15) is 0 Å². The van der Waals surface area contributed by atoms with E-state index in [2.05, 4.69) is 26.1 Å². The van der Waals surface area contributed by atoms with Gasteiger partial charge in [-0.1, -0.05) is 0 Å². The molecule has 1 saturated heterocycles. The van der Waals surface area contributed by atoms with Gasteiger partial charge in [-0.3, -0.25) is 0 Å². The van der Waals surface area contributed by atoms with Gasteiger partial charge in [-0.05, 0) is 0 Å². The van der Waals surface area contributed by atoms with E-state index in [9.17, 15) is 4.79 Å². The van der Waals surface area contributed by atoms with Gasteiger partial charge in [-0.25, -0.2) is 0 Å². The summed E-state index contributed by atoms with van der Waals surface area (Å²) in [6.45, 7) is 6.57. The molecule has 0 aromatic heterocycles. The number of rotatable bonds is 4. The van der Waals surface area contributed by atoms with Crippen molar-refractivity contribution in [2.24, 2.45) is 5.92 Å². The molecule has 0 saturated carbocycles. The third-order valence-electron chi connectivity index (χ3n) is 3.34. The second kappa shape index (κ2) is 4.36. The van der Waals surface area contributed by atoms with Crippen molar-refractivity contribution >= 4 is 32.5 Å². The fraction of sp³-hybridized carbons (Fsp3) is 0.750. The zero-order valence-corrected chi connectivity index (χ0v) is 12.4. The van der Waals surface area contributed by atoms with Crippen LogP contribution in [0.1, 0.15) is 33.6 Å². The molecule has 16 heavy (non-hydrogen) atoms. The van der Waals surface area contributed by atoms with Crippen LogP contribution in [0, 0.1) is 5.92 Å². The van der Waals surface area contributed by atoms with E-state index in [0.29, 0.717) is 32.8 Å². The molecule has 2 aliphatic rings. The molecule has 0 bridgehead atoms. The molecule has 0 aromatic rings. The Morgan fingerprint density at radius 3 is 2.75 bits per heavy atom. The first-order valence-electron chi connectivity index (χ1n) is 5.77. The molecule has 1 N–H and O–H groups in total.